The number of hydrogen-bond donors (Lipinski definition) is 2. The molecule has 3 N–H and O–H groups in total. The Morgan fingerprint density at radius 2 is 2.33 bits per heavy atom. The molecule has 0 amide bonds. The number of rotatable bonds is 3. The van der Waals surface area contributed by atoms with Crippen LogP contribution in [0.1, 0.15) is 6.92 Å². The van der Waals surface area contributed by atoms with Crippen LogP contribution in [0.25, 0.3) is 0 Å². The number of anilines is 2. The summed E-state index contributed by atoms with van der Waals surface area (Å²) in [6.45, 7) is 3.32. The zero-order valence-electron chi connectivity index (χ0n) is 10.8. The average molecular weight is 252 g/mol. The van der Waals surface area contributed by atoms with Gasteiger partial charge in [-0.2, -0.15) is 0 Å². The van der Waals surface area contributed by atoms with Gasteiger partial charge >= 0.3 is 0 Å². The Balaban J connectivity index is 2.27. The molecule has 0 saturated carbocycles. The molecule has 1 heterocycles. The van der Waals surface area contributed by atoms with Crippen LogP contribution in [0.4, 0.5) is 11.4 Å². The Kier molecular flexibility index (Phi) is 3.93. The first-order valence-electron chi connectivity index (χ1n) is 6.08. The molecule has 2 rings (SSSR count). The fourth-order valence-corrected chi connectivity index (χ4v) is 2.16. The van der Waals surface area contributed by atoms with E-state index >= 15 is 0 Å². The number of morpholine rings is 1. The highest BCUT2D eigenvalue weighted by Gasteiger charge is 2.27. The summed E-state index contributed by atoms with van der Waals surface area (Å²) in [7, 11) is 1.63. The van der Waals surface area contributed by atoms with Crippen LogP contribution in [0.2, 0.25) is 0 Å². The molecule has 5 nitrogen and oxygen atoms in total. The van der Waals surface area contributed by atoms with E-state index in [1.807, 2.05) is 18.2 Å². The van der Waals surface area contributed by atoms with Gasteiger partial charge in [0.05, 0.1) is 37.8 Å². The third kappa shape index (κ3) is 2.52. The second-order valence-corrected chi connectivity index (χ2v) is 4.56. The summed E-state index contributed by atoms with van der Waals surface area (Å²) in [5.41, 5.74) is 7.67. The smallest absolute Gasteiger partial charge is 0.121 e. The van der Waals surface area contributed by atoms with Crippen molar-refractivity contribution in [1.82, 2.24) is 0 Å². The van der Waals surface area contributed by atoms with Crippen LogP contribution in [0.15, 0.2) is 18.2 Å². The van der Waals surface area contributed by atoms with Gasteiger partial charge in [0.2, 0.25) is 0 Å². The number of ether oxygens (including phenoxy) is 2. The molecule has 100 valence electrons. The molecule has 1 saturated heterocycles. The average Bonchev–Trinajstić information content (AvgIpc) is 2.40. The van der Waals surface area contributed by atoms with Crippen LogP contribution in [0, 0.1) is 0 Å². The largest absolute Gasteiger partial charge is 0.497 e. The molecule has 0 aromatic heterocycles. The van der Waals surface area contributed by atoms with Gasteiger partial charge in [0, 0.05) is 18.7 Å². The van der Waals surface area contributed by atoms with Gasteiger partial charge in [-0.1, -0.05) is 0 Å². The summed E-state index contributed by atoms with van der Waals surface area (Å²) in [6, 6.07) is 5.82. The fourth-order valence-electron chi connectivity index (χ4n) is 2.16. The molecule has 1 aliphatic rings. The molecule has 18 heavy (non-hydrogen) atoms. The molecule has 2 atom stereocenters. The lowest BCUT2D eigenvalue weighted by Crippen LogP contribution is -2.49. The van der Waals surface area contributed by atoms with Gasteiger partial charge in [0.25, 0.3) is 0 Å². The van der Waals surface area contributed by atoms with Gasteiger partial charge in [-0.3, -0.25) is 0 Å². The minimum Gasteiger partial charge on any atom is -0.497 e. The monoisotopic (exact) mass is 252 g/mol. The predicted molar refractivity (Wildman–Crippen MR) is 71.0 cm³/mol. The highest BCUT2D eigenvalue weighted by molar-refractivity contribution is 5.70. The predicted octanol–water partition coefficient (Wildman–Crippen LogP) is 0.863. The first kappa shape index (κ1) is 13.0. The number of benzene rings is 1. The van der Waals surface area contributed by atoms with Crippen molar-refractivity contribution < 1.29 is 14.6 Å². The topological polar surface area (TPSA) is 68.0 Å². The normalized spacial score (nSPS) is 24.1. The number of methoxy groups -OCH3 is 1. The second-order valence-electron chi connectivity index (χ2n) is 4.56. The summed E-state index contributed by atoms with van der Waals surface area (Å²) in [5.74, 6) is 0.776. The summed E-state index contributed by atoms with van der Waals surface area (Å²) in [4.78, 5) is 2.15. The maximum absolute atomic E-state index is 9.20. The molecule has 1 fully saturated rings. The third-order valence-electron chi connectivity index (χ3n) is 3.26. The summed E-state index contributed by atoms with van der Waals surface area (Å²) in [5, 5.41) is 9.20. The Hall–Kier alpha value is -1.46. The number of nitrogen functional groups attached to an aromatic ring is 1. The molecule has 5 heteroatoms. The molecule has 0 aliphatic carbocycles. The van der Waals surface area contributed by atoms with E-state index in [1.54, 1.807) is 7.11 Å². The molecule has 1 aromatic carbocycles. The first-order valence-corrected chi connectivity index (χ1v) is 6.08. The molecule has 0 bridgehead atoms. The van der Waals surface area contributed by atoms with Crippen molar-refractivity contribution in [2.75, 3.05) is 37.5 Å². The maximum atomic E-state index is 9.20. The molecule has 2 unspecified atom stereocenters. The lowest BCUT2D eigenvalue weighted by Gasteiger charge is -2.39. The zero-order valence-corrected chi connectivity index (χ0v) is 10.8. The van der Waals surface area contributed by atoms with Crippen molar-refractivity contribution in [1.29, 1.82) is 0 Å². The van der Waals surface area contributed by atoms with Gasteiger partial charge in [0.15, 0.2) is 0 Å². The van der Waals surface area contributed by atoms with E-state index in [2.05, 4.69) is 11.8 Å². The fraction of sp³-hybridized carbons (Fsp3) is 0.538. The Labute approximate surface area is 107 Å². The third-order valence-corrected chi connectivity index (χ3v) is 3.26. The number of hydrogen-bond acceptors (Lipinski definition) is 5. The Morgan fingerprint density at radius 1 is 1.56 bits per heavy atom. The van der Waals surface area contributed by atoms with Crippen molar-refractivity contribution in [3.05, 3.63) is 18.2 Å². The molecule has 1 aliphatic heterocycles. The van der Waals surface area contributed by atoms with Gasteiger partial charge < -0.3 is 25.2 Å². The highest BCUT2D eigenvalue weighted by atomic mass is 16.5. The van der Waals surface area contributed by atoms with Crippen LogP contribution in [0.3, 0.4) is 0 Å². The number of nitrogens with zero attached hydrogens (tertiary/aromatic N) is 1. The van der Waals surface area contributed by atoms with Crippen molar-refractivity contribution in [2.24, 2.45) is 0 Å². The van der Waals surface area contributed by atoms with E-state index in [1.165, 1.54) is 0 Å². The quantitative estimate of drug-likeness (QED) is 0.781. The van der Waals surface area contributed by atoms with Crippen molar-refractivity contribution in [3.63, 3.8) is 0 Å². The van der Waals surface area contributed by atoms with E-state index in [4.69, 9.17) is 15.2 Å². The van der Waals surface area contributed by atoms with Crippen LogP contribution >= 0.6 is 0 Å². The molecular formula is C13H20N2O3. The first-order chi connectivity index (χ1) is 8.65. The van der Waals surface area contributed by atoms with Crippen molar-refractivity contribution in [2.45, 2.75) is 19.1 Å². The minimum absolute atomic E-state index is 0.0209. The molecular weight excluding hydrogens is 232 g/mol. The van der Waals surface area contributed by atoms with Gasteiger partial charge in [-0.05, 0) is 19.1 Å². The highest BCUT2D eigenvalue weighted by Crippen LogP contribution is 2.31. The second kappa shape index (κ2) is 5.46. The van der Waals surface area contributed by atoms with Gasteiger partial charge in [0.1, 0.15) is 5.75 Å². The lowest BCUT2D eigenvalue weighted by atomic mass is 10.1. The molecule has 0 radical (unpaired) electrons. The summed E-state index contributed by atoms with van der Waals surface area (Å²) >= 11 is 0. The number of aliphatic hydroxyl groups is 1. The minimum atomic E-state index is -0.160. The van der Waals surface area contributed by atoms with Gasteiger partial charge in [-0.25, -0.2) is 0 Å². The number of nitrogens with two attached hydrogens (primary N) is 1. The number of aliphatic hydroxyl groups excluding tert-OH is 1. The standard InChI is InChI=1S/C13H20N2O3/c1-9-8-18-11(7-16)6-15(9)13-5-10(17-2)3-4-12(13)14/h3-5,9,11,16H,6-8,14H2,1-2H3. The van der Waals surface area contributed by atoms with Crippen molar-refractivity contribution in [3.8, 4) is 5.75 Å². The Morgan fingerprint density at radius 3 is 3.00 bits per heavy atom. The van der Waals surface area contributed by atoms with Crippen LogP contribution in [0.5, 0.6) is 5.75 Å². The zero-order chi connectivity index (χ0) is 13.1. The Bertz CT molecular complexity index is 411. The van der Waals surface area contributed by atoms with Crippen LogP contribution in [-0.2, 0) is 4.74 Å². The van der Waals surface area contributed by atoms with Gasteiger partial charge in [-0.15, -0.1) is 0 Å². The molecule has 0 spiro atoms. The van der Waals surface area contributed by atoms with E-state index in [-0.39, 0.29) is 18.8 Å². The molecule has 1 aromatic rings. The summed E-state index contributed by atoms with van der Waals surface area (Å²) < 4.78 is 10.8. The lowest BCUT2D eigenvalue weighted by molar-refractivity contribution is -0.0102. The SMILES string of the molecule is COc1ccc(N)c(N2CC(CO)OCC2C)c1. The van der Waals surface area contributed by atoms with E-state index < -0.39 is 0 Å². The van der Waals surface area contributed by atoms with Crippen molar-refractivity contribution >= 4 is 11.4 Å². The van der Waals surface area contributed by atoms with E-state index in [9.17, 15) is 5.11 Å². The van der Waals surface area contributed by atoms with Crippen LogP contribution < -0.4 is 15.4 Å². The van der Waals surface area contributed by atoms with E-state index in [0.29, 0.717) is 18.8 Å². The summed E-state index contributed by atoms with van der Waals surface area (Å²) in [6.07, 6.45) is -0.160. The van der Waals surface area contributed by atoms with Crippen LogP contribution in [-0.4, -0.2) is 44.1 Å². The van der Waals surface area contributed by atoms with E-state index in [0.717, 1.165) is 11.4 Å². The maximum Gasteiger partial charge on any atom is 0.121 e.